The molecule has 2 aromatic carbocycles. The van der Waals surface area contributed by atoms with Crippen LogP contribution in [0.2, 0.25) is 0 Å². The molecule has 3 N–H and O–H groups in total. The zero-order chi connectivity index (χ0) is 23.1. The number of amides is 1. The Balaban J connectivity index is 1.69. The van der Waals surface area contributed by atoms with E-state index in [1.54, 1.807) is 6.92 Å². The average molecular weight is 443 g/mol. The minimum absolute atomic E-state index is 0.0250. The molecule has 1 amide bonds. The van der Waals surface area contributed by atoms with Gasteiger partial charge in [0.05, 0.1) is 17.8 Å². The van der Waals surface area contributed by atoms with Crippen molar-refractivity contribution in [1.29, 1.82) is 0 Å². The zero-order valence-corrected chi connectivity index (χ0v) is 18.1. The molecule has 0 spiro atoms. The van der Waals surface area contributed by atoms with Gasteiger partial charge >= 0.3 is 0 Å². The summed E-state index contributed by atoms with van der Waals surface area (Å²) < 4.78 is 32.4. The highest BCUT2D eigenvalue weighted by Gasteiger charge is 2.25. The zero-order valence-electron chi connectivity index (χ0n) is 18.1. The summed E-state index contributed by atoms with van der Waals surface area (Å²) in [6.45, 7) is 4.39. The molecule has 0 aliphatic heterocycles. The molecule has 8 heteroatoms. The van der Waals surface area contributed by atoms with E-state index in [9.17, 15) is 18.7 Å². The number of carbonyl (C=O) groups excluding carboxylic acids is 1. The Morgan fingerprint density at radius 2 is 1.84 bits per heavy atom. The highest BCUT2D eigenvalue weighted by atomic mass is 19.1. The number of carbonyl (C=O) groups is 1. The fraction of sp³-hybridized carbons (Fsp3) is 0.333. The van der Waals surface area contributed by atoms with E-state index in [0.29, 0.717) is 17.8 Å². The largest absolute Gasteiger partial charge is 0.438 e. The van der Waals surface area contributed by atoms with Crippen LogP contribution in [0.3, 0.4) is 0 Å². The third-order valence-corrected chi connectivity index (χ3v) is 5.19. The van der Waals surface area contributed by atoms with E-state index >= 15 is 0 Å². The molecule has 3 aromatic rings. The monoisotopic (exact) mass is 443 g/mol. The van der Waals surface area contributed by atoms with Gasteiger partial charge in [0, 0.05) is 19.2 Å². The lowest BCUT2D eigenvalue weighted by molar-refractivity contribution is 0.0804. The van der Waals surface area contributed by atoms with Crippen molar-refractivity contribution in [2.24, 2.45) is 0 Å². The van der Waals surface area contributed by atoms with Crippen molar-refractivity contribution in [3.05, 3.63) is 88.6 Å². The summed E-state index contributed by atoms with van der Waals surface area (Å²) >= 11 is 0. The fourth-order valence-corrected chi connectivity index (χ4v) is 3.49. The summed E-state index contributed by atoms with van der Waals surface area (Å²) in [4.78, 5) is 16.5. The second-order valence-electron chi connectivity index (χ2n) is 7.70. The lowest BCUT2D eigenvalue weighted by Gasteiger charge is -2.24. The van der Waals surface area contributed by atoms with Gasteiger partial charge in [-0.3, -0.25) is 4.79 Å². The van der Waals surface area contributed by atoms with Crippen molar-refractivity contribution in [3.8, 4) is 0 Å². The van der Waals surface area contributed by atoms with E-state index < -0.39 is 29.7 Å². The minimum Gasteiger partial charge on any atom is -0.438 e. The fourth-order valence-electron chi connectivity index (χ4n) is 3.49. The molecule has 0 fully saturated rings. The Hall–Kier alpha value is -3.10. The Bertz CT molecular complexity index is 1030. The van der Waals surface area contributed by atoms with Gasteiger partial charge < -0.3 is 20.2 Å². The molecule has 0 radical (unpaired) electrons. The smallest absolute Gasteiger partial charge is 0.289 e. The Morgan fingerprint density at radius 1 is 1.12 bits per heavy atom. The van der Waals surface area contributed by atoms with Crippen molar-refractivity contribution in [2.45, 2.75) is 45.4 Å². The Labute approximate surface area is 185 Å². The van der Waals surface area contributed by atoms with Crippen molar-refractivity contribution >= 4 is 5.91 Å². The summed E-state index contributed by atoms with van der Waals surface area (Å²) in [7, 11) is 0. The van der Waals surface area contributed by atoms with E-state index in [2.05, 4.69) is 28.6 Å². The predicted octanol–water partition coefficient (Wildman–Crippen LogP) is 3.32. The van der Waals surface area contributed by atoms with Gasteiger partial charge in [0.2, 0.25) is 5.76 Å². The van der Waals surface area contributed by atoms with Gasteiger partial charge in [-0.2, -0.15) is 0 Å². The van der Waals surface area contributed by atoms with Crippen LogP contribution >= 0.6 is 0 Å². The van der Waals surface area contributed by atoms with E-state index in [4.69, 9.17) is 4.42 Å². The van der Waals surface area contributed by atoms with Gasteiger partial charge in [0.25, 0.3) is 5.91 Å². The number of aliphatic hydroxyl groups excluding tert-OH is 1. The first kappa shape index (κ1) is 23.6. The number of aromatic nitrogens is 1. The maximum Gasteiger partial charge on any atom is 0.289 e. The van der Waals surface area contributed by atoms with Crippen LogP contribution in [0, 0.1) is 18.6 Å². The van der Waals surface area contributed by atoms with Crippen LogP contribution < -0.4 is 10.6 Å². The third-order valence-electron chi connectivity index (χ3n) is 5.19. The molecular formula is C24H27F2N3O3. The van der Waals surface area contributed by atoms with Crippen LogP contribution in [0.15, 0.2) is 53.3 Å². The van der Waals surface area contributed by atoms with Crippen molar-refractivity contribution in [2.75, 3.05) is 6.54 Å². The van der Waals surface area contributed by atoms with Gasteiger partial charge in [-0.15, -0.1) is 0 Å². The first-order valence-electron chi connectivity index (χ1n) is 10.5. The van der Waals surface area contributed by atoms with Crippen LogP contribution in [0.4, 0.5) is 8.78 Å². The molecule has 0 aliphatic carbocycles. The summed E-state index contributed by atoms with van der Waals surface area (Å²) in [5.74, 6) is -1.98. The number of rotatable bonds is 10. The topological polar surface area (TPSA) is 87.4 Å². The number of hydrogen-bond donors (Lipinski definition) is 3. The Morgan fingerprint density at radius 3 is 2.50 bits per heavy atom. The normalized spacial score (nSPS) is 13.0. The summed E-state index contributed by atoms with van der Waals surface area (Å²) in [6.07, 6.45) is 1.09. The molecule has 0 bridgehead atoms. The molecule has 32 heavy (non-hydrogen) atoms. The first-order valence-corrected chi connectivity index (χ1v) is 10.5. The molecule has 6 nitrogen and oxygen atoms in total. The molecular weight excluding hydrogens is 416 g/mol. The Kier molecular flexibility index (Phi) is 8.08. The molecule has 0 aliphatic rings. The van der Waals surface area contributed by atoms with E-state index in [1.807, 2.05) is 18.2 Å². The van der Waals surface area contributed by atoms with E-state index in [0.717, 1.165) is 24.4 Å². The second-order valence-corrected chi connectivity index (χ2v) is 7.70. The van der Waals surface area contributed by atoms with Crippen LogP contribution in [0.25, 0.3) is 0 Å². The third kappa shape index (κ3) is 6.45. The molecule has 0 saturated carbocycles. The van der Waals surface area contributed by atoms with E-state index in [-0.39, 0.29) is 18.7 Å². The average Bonchev–Trinajstić information content (AvgIpc) is 3.18. The number of benzene rings is 2. The van der Waals surface area contributed by atoms with Gasteiger partial charge in [0.1, 0.15) is 11.6 Å². The summed E-state index contributed by atoms with van der Waals surface area (Å²) in [5.41, 5.74) is 3.01. The van der Waals surface area contributed by atoms with Crippen LogP contribution in [0.5, 0.6) is 0 Å². The van der Waals surface area contributed by atoms with Crippen LogP contribution in [-0.4, -0.2) is 34.7 Å². The van der Waals surface area contributed by atoms with Crippen LogP contribution in [-0.2, 0) is 19.4 Å². The van der Waals surface area contributed by atoms with Gasteiger partial charge in [-0.1, -0.05) is 31.2 Å². The van der Waals surface area contributed by atoms with Crippen molar-refractivity contribution < 1.29 is 23.1 Å². The first-order chi connectivity index (χ1) is 15.4. The number of nitrogens with zero attached hydrogens (tertiary/aromatic N) is 1. The lowest BCUT2D eigenvalue weighted by atomic mass is 10.00. The highest BCUT2D eigenvalue weighted by Crippen LogP contribution is 2.14. The van der Waals surface area contributed by atoms with Crippen molar-refractivity contribution in [3.63, 3.8) is 0 Å². The molecule has 170 valence electrons. The predicted molar refractivity (Wildman–Crippen MR) is 116 cm³/mol. The molecule has 1 heterocycles. The maximum absolute atomic E-state index is 13.6. The molecule has 1 aromatic heterocycles. The summed E-state index contributed by atoms with van der Waals surface area (Å²) in [5, 5.41) is 16.7. The number of aliphatic hydroxyl groups is 1. The molecule has 2 atom stereocenters. The highest BCUT2D eigenvalue weighted by molar-refractivity contribution is 5.92. The van der Waals surface area contributed by atoms with Crippen LogP contribution in [0.1, 0.15) is 39.9 Å². The molecule has 2 unspecified atom stereocenters. The number of oxazole rings is 1. The summed E-state index contributed by atoms with van der Waals surface area (Å²) in [6, 6.07) is 10.4. The van der Waals surface area contributed by atoms with Gasteiger partial charge in [-0.25, -0.2) is 13.8 Å². The quantitative estimate of drug-likeness (QED) is 0.448. The minimum atomic E-state index is -1.03. The SMILES string of the molecule is CCc1cccc(CNCC(O)C(Cc2cc(F)cc(F)c2)NC(=O)c2ocnc2C)c1. The van der Waals surface area contributed by atoms with Gasteiger partial charge in [0.15, 0.2) is 6.39 Å². The van der Waals surface area contributed by atoms with Crippen molar-refractivity contribution in [1.82, 2.24) is 15.6 Å². The number of hydrogen-bond acceptors (Lipinski definition) is 5. The molecule has 3 rings (SSSR count). The maximum atomic E-state index is 13.6. The number of aryl methyl sites for hydroxylation is 2. The lowest BCUT2D eigenvalue weighted by Crippen LogP contribution is -2.48. The number of nitrogens with one attached hydrogen (secondary N) is 2. The number of halogens is 2. The second kappa shape index (κ2) is 11.0. The molecule has 0 saturated heterocycles. The van der Waals surface area contributed by atoms with Gasteiger partial charge in [-0.05, 0) is 48.6 Å². The standard InChI is InChI=1S/C24H27F2N3O3/c1-3-16-5-4-6-17(7-16)12-27-13-22(30)21(10-18-8-19(25)11-20(26)9-18)29-24(31)23-15(2)28-14-32-23/h4-9,11,14,21-22,27,30H,3,10,12-13H2,1-2H3,(H,29,31). The van der Waals surface area contributed by atoms with E-state index in [1.165, 1.54) is 17.7 Å².